The smallest absolute Gasteiger partial charge is 0.257 e. The maximum Gasteiger partial charge on any atom is 0.257 e. The minimum absolute atomic E-state index is 0. The highest BCUT2D eigenvalue weighted by molar-refractivity contribution is 5.85. The Bertz CT molecular complexity index is 415. The summed E-state index contributed by atoms with van der Waals surface area (Å²) in [6.07, 6.45) is 1.40. The third-order valence-corrected chi connectivity index (χ3v) is 2.92. The fourth-order valence-electron chi connectivity index (χ4n) is 2.07. The molecule has 22 heavy (non-hydrogen) atoms. The zero-order valence-electron chi connectivity index (χ0n) is 12.2. The van der Waals surface area contributed by atoms with Crippen molar-refractivity contribution in [1.29, 1.82) is 0 Å². The predicted molar refractivity (Wildman–Crippen MR) is 83.7 cm³/mol. The van der Waals surface area contributed by atoms with Crippen LogP contribution in [0.1, 0.15) is 0 Å². The van der Waals surface area contributed by atoms with Gasteiger partial charge in [0.15, 0.2) is 0 Å². The van der Waals surface area contributed by atoms with Gasteiger partial charge in [-0.25, -0.2) is 0 Å². The van der Waals surface area contributed by atoms with Gasteiger partial charge in [-0.2, -0.15) is 5.10 Å². The average Bonchev–Trinajstić information content (AvgIpc) is 2.47. The van der Waals surface area contributed by atoms with Gasteiger partial charge in [-0.3, -0.25) is 0 Å². The Hall–Kier alpha value is -1.39. The zero-order valence-corrected chi connectivity index (χ0v) is 13.0. The highest BCUT2D eigenvalue weighted by atomic mass is 35.5. The topological polar surface area (TPSA) is 133 Å². The van der Waals surface area contributed by atoms with Crippen LogP contribution in [0.5, 0.6) is 5.88 Å². The van der Waals surface area contributed by atoms with E-state index in [0.29, 0.717) is 11.4 Å². The van der Waals surface area contributed by atoms with Crippen molar-refractivity contribution in [3.63, 3.8) is 0 Å². The van der Waals surface area contributed by atoms with Crippen molar-refractivity contribution in [1.82, 2.24) is 10.2 Å². The van der Waals surface area contributed by atoms with E-state index in [-0.39, 0.29) is 70.9 Å². The van der Waals surface area contributed by atoms with E-state index in [2.05, 4.69) is 10.2 Å². The van der Waals surface area contributed by atoms with E-state index >= 15 is 0 Å². The maximum absolute atomic E-state index is 9.97. The lowest BCUT2D eigenvalue weighted by atomic mass is 10.2. The van der Waals surface area contributed by atoms with Crippen molar-refractivity contribution in [3.05, 3.63) is 6.20 Å². The van der Waals surface area contributed by atoms with Crippen molar-refractivity contribution in [2.75, 3.05) is 62.4 Å². The van der Waals surface area contributed by atoms with Gasteiger partial charge in [0.1, 0.15) is 5.69 Å². The van der Waals surface area contributed by atoms with E-state index in [1.165, 1.54) is 6.20 Å². The normalized spacial score (nSPS) is 10.2. The number of nitrogens with zero attached hydrogens (tertiary/aromatic N) is 4. The Morgan fingerprint density at radius 2 is 1.27 bits per heavy atom. The van der Waals surface area contributed by atoms with E-state index in [1.807, 2.05) is 0 Å². The molecule has 1 aromatic heterocycles. The standard InChI is InChI=1S/C12H22N4O5.ClH/c17-5-1-15(2-6-18)10-9-13-14-12(21)11(10)16(3-7-19)4-8-20;/h9,17-20H,1-8H2,(H,14,21);1H. The van der Waals surface area contributed by atoms with Gasteiger partial charge >= 0.3 is 0 Å². The molecule has 0 atom stereocenters. The van der Waals surface area contributed by atoms with Gasteiger partial charge in [-0.1, -0.05) is 0 Å². The third-order valence-electron chi connectivity index (χ3n) is 2.92. The van der Waals surface area contributed by atoms with E-state index in [0.717, 1.165) is 0 Å². The van der Waals surface area contributed by atoms with Crippen LogP contribution in [0.3, 0.4) is 0 Å². The van der Waals surface area contributed by atoms with E-state index < -0.39 is 0 Å². The number of halogens is 1. The summed E-state index contributed by atoms with van der Waals surface area (Å²) in [5.74, 6) is -0.338. The fraction of sp³-hybridized carbons (Fsp3) is 0.667. The molecular weight excluding hydrogens is 316 g/mol. The van der Waals surface area contributed by atoms with Crippen LogP contribution >= 0.6 is 12.4 Å². The van der Waals surface area contributed by atoms with Crippen LogP contribution in [-0.4, -0.2) is 88.3 Å². The Kier molecular flexibility index (Phi) is 10.5. The van der Waals surface area contributed by atoms with Crippen LogP contribution in [0.4, 0.5) is 11.4 Å². The first-order valence-electron chi connectivity index (χ1n) is 6.67. The van der Waals surface area contributed by atoms with Crippen LogP contribution in [0, 0.1) is 0 Å². The fourth-order valence-corrected chi connectivity index (χ4v) is 2.07. The van der Waals surface area contributed by atoms with Crippen molar-refractivity contribution in [3.8, 4) is 5.88 Å². The molecule has 0 radical (unpaired) electrons. The Balaban J connectivity index is 0.00000441. The maximum atomic E-state index is 9.97. The molecule has 0 fully saturated rings. The quantitative estimate of drug-likeness (QED) is 0.334. The molecule has 0 unspecified atom stereocenters. The van der Waals surface area contributed by atoms with Crippen molar-refractivity contribution >= 4 is 23.8 Å². The highest BCUT2D eigenvalue weighted by Gasteiger charge is 2.21. The van der Waals surface area contributed by atoms with Crippen LogP contribution in [0.25, 0.3) is 0 Å². The highest BCUT2D eigenvalue weighted by Crippen LogP contribution is 2.34. The number of anilines is 2. The number of aliphatic hydroxyl groups is 4. The number of aromatic nitrogens is 2. The second-order valence-electron chi connectivity index (χ2n) is 4.27. The molecule has 0 amide bonds. The van der Waals surface area contributed by atoms with Gasteiger partial charge in [0, 0.05) is 26.2 Å². The largest absolute Gasteiger partial charge is 0.491 e. The molecule has 0 aliphatic rings. The zero-order chi connectivity index (χ0) is 15.7. The lowest BCUT2D eigenvalue weighted by molar-refractivity contribution is 0.277. The number of aliphatic hydroxyl groups excluding tert-OH is 4. The molecule has 1 heterocycles. The molecule has 0 aliphatic heterocycles. The molecule has 128 valence electrons. The molecule has 0 saturated heterocycles. The first-order chi connectivity index (χ1) is 10.2. The lowest BCUT2D eigenvalue weighted by Crippen LogP contribution is -2.35. The number of rotatable bonds is 10. The summed E-state index contributed by atoms with van der Waals surface area (Å²) < 4.78 is 0. The SMILES string of the molecule is Cl.OCCN(CCO)c1cnnc(O)c1N(CCO)CCO. The molecular formula is C12H23ClN4O5. The van der Waals surface area contributed by atoms with Crippen molar-refractivity contribution in [2.45, 2.75) is 0 Å². The van der Waals surface area contributed by atoms with E-state index in [9.17, 15) is 5.11 Å². The first-order valence-corrected chi connectivity index (χ1v) is 6.67. The summed E-state index contributed by atoms with van der Waals surface area (Å²) in [7, 11) is 0. The molecule has 0 aromatic carbocycles. The van der Waals surface area contributed by atoms with Crippen molar-refractivity contribution in [2.24, 2.45) is 0 Å². The molecule has 1 rings (SSSR count). The molecule has 9 nitrogen and oxygen atoms in total. The summed E-state index contributed by atoms with van der Waals surface area (Å²) in [4.78, 5) is 3.21. The van der Waals surface area contributed by atoms with Crippen LogP contribution < -0.4 is 9.80 Å². The molecule has 1 aromatic rings. The second-order valence-corrected chi connectivity index (χ2v) is 4.27. The van der Waals surface area contributed by atoms with Crippen molar-refractivity contribution < 1.29 is 25.5 Å². The predicted octanol–water partition coefficient (Wildman–Crippen LogP) is -1.81. The Morgan fingerprint density at radius 3 is 1.73 bits per heavy atom. The van der Waals surface area contributed by atoms with Gasteiger partial charge in [-0.05, 0) is 0 Å². The molecule has 0 bridgehead atoms. The van der Waals surface area contributed by atoms with Gasteiger partial charge in [0.25, 0.3) is 5.88 Å². The molecule has 0 aliphatic carbocycles. The van der Waals surface area contributed by atoms with Crippen LogP contribution in [-0.2, 0) is 0 Å². The Labute approximate surface area is 134 Å². The number of hydrogen-bond acceptors (Lipinski definition) is 9. The average molecular weight is 339 g/mol. The number of hydrogen-bond donors (Lipinski definition) is 5. The number of aromatic hydroxyl groups is 1. The minimum Gasteiger partial charge on any atom is -0.491 e. The van der Waals surface area contributed by atoms with Gasteiger partial charge in [-0.15, -0.1) is 17.5 Å². The molecule has 5 N–H and O–H groups in total. The summed E-state index contributed by atoms with van der Waals surface area (Å²) in [5, 5.41) is 53.7. The molecule has 0 spiro atoms. The van der Waals surface area contributed by atoms with Gasteiger partial charge in [0.05, 0.1) is 38.3 Å². The first kappa shape index (κ1) is 20.6. The summed E-state index contributed by atoms with van der Waals surface area (Å²) in [5.41, 5.74) is 0.766. The Morgan fingerprint density at radius 1 is 0.818 bits per heavy atom. The third kappa shape index (κ3) is 5.43. The second kappa shape index (κ2) is 11.2. The van der Waals surface area contributed by atoms with E-state index in [1.54, 1.807) is 9.80 Å². The lowest BCUT2D eigenvalue weighted by Gasteiger charge is -2.30. The minimum atomic E-state index is -0.338. The molecule has 10 heteroatoms. The van der Waals surface area contributed by atoms with Gasteiger partial charge in [0.2, 0.25) is 0 Å². The summed E-state index contributed by atoms with van der Waals surface area (Å²) in [6.45, 7) is 0.265. The van der Waals surface area contributed by atoms with Crippen LogP contribution in [0.15, 0.2) is 6.20 Å². The van der Waals surface area contributed by atoms with Crippen LogP contribution in [0.2, 0.25) is 0 Å². The van der Waals surface area contributed by atoms with E-state index in [4.69, 9.17) is 20.4 Å². The molecule has 0 saturated carbocycles. The monoisotopic (exact) mass is 338 g/mol. The summed E-state index contributed by atoms with van der Waals surface area (Å²) in [6, 6.07) is 0. The summed E-state index contributed by atoms with van der Waals surface area (Å²) >= 11 is 0. The van der Waals surface area contributed by atoms with Gasteiger partial charge < -0.3 is 35.3 Å².